The van der Waals surface area contributed by atoms with Gasteiger partial charge in [0.1, 0.15) is 11.2 Å². The van der Waals surface area contributed by atoms with E-state index in [2.05, 4.69) is 210 Å². The summed E-state index contributed by atoms with van der Waals surface area (Å²) in [7, 11) is 0. The molecule has 0 spiro atoms. The molecule has 3 nitrogen and oxygen atoms in total. The van der Waals surface area contributed by atoms with Crippen molar-refractivity contribution in [2.45, 2.75) is 6.04 Å². The molecule has 11 rings (SSSR count). The zero-order valence-electron chi connectivity index (χ0n) is 30.1. The molecule has 2 heterocycles. The van der Waals surface area contributed by atoms with Crippen LogP contribution in [0.3, 0.4) is 0 Å². The molecule has 1 aromatic heterocycles. The number of hydrogen-bond donors (Lipinski definition) is 0. The highest BCUT2D eigenvalue weighted by Gasteiger charge is 2.35. The number of furan rings is 1. The Balaban J connectivity index is 1.12. The van der Waals surface area contributed by atoms with Crippen LogP contribution in [0.25, 0.3) is 65.7 Å². The standard InChI is InChI=1S/C52H36N2O/c1-3-13-35(14-4-1)36-27-29-40(30-28-36)54(48-34-53(39-17-5-2-6-18-39)47-23-10-9-20-45(47)48)41-31-32-49-46(33-41)52-44(22-12-24-50(52)55-49)43-21-11-16-38-26-25-37-15-7-8-19-42(37)51(38)43/h1-33,48H,34H2. The first-order valence-electron chi connectivity index (χ1n) is 19.0. The lowest BCUT2D eigenvalue weighted by atomic mass is 9.91. The highest BCUT2D eigenvalue weighted by Crippen LogP contribution is 2.48. The van der Waals surface area contributed by atoms with E-state index in [9.17, 15) is 0 Å². The zero-order valence-corrected chi connectivity index (χ0v) is 30.1. The van der Waals surface area contributed by atoms with E-state index in [1.165, 1.54) is 60.7 Å². The smallest absolute Gasteiger partial charge is 0.136 e. The molecule has 0 saturated carbocycles. The second-order valence-corrected chi connectivity index (χ2v) is 14.5. The second-order valence-electron chi connectivity index (χ2n) is 14.5. The number of hydrogen-bond acceptors (Lipinski definition) is 3. The Hall–Kier alpha value is -7.10. The lowest BCUT2D eigenvalue weighted by Gasteiger charge is -2.32. The molecular formula is C52H36N2O. The van der Waals surface area contributed by atoms with Crippen LogP contribution in [0.15, 0.2) is 205 Å². The average Bonchev–Trinajstić information content (AvgIpc) is 3.83. The molecule has 3 heteroatoms. The summed E-state index contributed by atoms with van der Waals surface area (Å²) in [5.41, 5.74) is 12.6. The van der Waals surface area contributed by atoms with E-state index in [-0.39, 0.29) is 6.04 Å². The van der Waals surface area contributed by atoms with Crippen LogP contribution in [0.1, 0.15) is 11.6 Å². The van der Waals surface area contributed by atoms with Crippen molar-refractivity contribution in [2.75, 3.05) is 16.3 Å². The largest absolute Gasteiger partial charge is 0.456 e. The van der Waals surface area contributed by atoms with Crippen molar-refractivity contribution < 1.29 is 4.42 Å². The minimum atomic E-state index is 0.0542. The molecule has 1 aliphatic rings. The van der Waals surface area contributed by atoms with Crippen LogP contribution in [-0.4, -0.2) is 6.54 Å². The van der Waals surface area contributed by atoms with Crippen LogP contribution >= 0.6 is 0 Å². The fourth-order valence-corrected chi connectivity index (χ4v) is 8.88. The Labute approximate surface area is 319 Å². The third-order valence-corrected chi connectivity index (χ3v) is 11.4. The first-order valence-corrected chi connectivity index (χ1v) is 19.0. The number of nitrogens with zero attached hydrogens (tertiary/aromatic N) is 2. The highest BCUT2D eigenvalue weighted by atomic mass is 16.3. The number of anilines is 4. The van der Waals surface area contributed by atoms with Crippen LogP contribution in [0.4, 0.5) is 22.7 Å². The van der Waals surface area contributed by atoms with Gasteiger partial charge < -0.3 is 14.2 Å². The van der Waals surface area contributed by atoms with Gasteiger partial charge in [-0.2, -0.15) is 0 Å². The summed E-state index contributed by atoms with van der Waals surface area (Å²) < 4.78 is 6.65. The Bertz CT molecular complexity index is 3020. The topological polar surface area (TPSA) is 19.6 Å². The quantitative estimate of drug-likeness (QED) is 0.161. The number of rotatable bonds is 6. The van der Waals surface area contributed by atoms with E-state index in [4.69, 9.17) is 4.42 Å². The molecule has 0 bridgehead atoms. The maximum Gasteiger partial charge on any atom is 0.136 e. The van der Waals surface area contributed by atoms with Gasteiger partial charge >= 0.3 is 0 Å². The second kappa shape index (κ2) is 12.8. The zero-order chi connectivity index (χ0) is 36.3. The third-order valence-electron chi connectivity index (χ3n) is 11.4. The summed E-state index contributed by atoms with van der Waals surface area (Å²) in [4.78, 5) is 4.99. The van der Waals surface area contributed by atoms with E-state index < -0.39 is 0 Å². The predicted molar refractivity (Wildman–Crippen MR) is 231 cm³/mol. The van der Waals surface area contributed by atoms with Crippen LogP contribution in [0, 0.1) is 0 Å². The fraction of sp³-hybridized carbons (Fsp3) is 0.0385. The Morgan fingerprint density at radius 1 is 0.455 bits per heavy atom. The van der Waals surface area contributed by atoms with E-state index >= 15 is 0 Å². The molecule has 0 N–H and O–H groups in total. The lowest BCUT2D eigenvalue weighted by Crippen LogP contribution is -2.28. The summed E-state index contributed by atoms with van der Waals surface area (Å²) in [6, 6.07) is 72.4. The molecule has 1 unspecified atom stereocenters. The molecule has 0 aliphatic carbocycles. The first kappa shape index (κ1) is 31.4. The van der Waals surface area contributed by atoms with Gasteiger partial charge in [-0.3, -0.25) is 0 Å². The molecule has 0 radical (unpaired) electrons. The van der Waals surface area contributed by atoms with Gasteiger partial charge in [-0.15, -0.1) is 0 Å². The normalized spacial score (nSPS) is 13.9. The summed E-state index contributed by atoms with van der Waals surface area (Å²) >= 11 is 0. The molecule has 1 aliphatic heterocycles. The molecule has 1 atom stereocenters. The minimum absolute atomic E-state index is 0.0542. The Morgan fingerprint density at radius 2 is 1.11 bits per heavy atom. The summed E-state index contributed by atoms with van der Waals surface area (Å²) in [5.74, 6) is 0. The molecule has 0 fully saturated rings. The molecule has 0 saturated heterocycles. The van der Waals surface area contributed by atoms with Gasteiger partial charge in [-0.1, -0.05) is 146 Å². The summed E-state index contributed by atoms with van der Waals surface area (Å²) in [5, 5.41) is 7.24. The van der Waals surface area contributed by atoms with Gasteiger partial charge in [0.25, 0.3) is 0 Å². The van der Waals surface area contributed by atoms with Crippen LogP contribution in [0.2, 0.25) is 0 Å². The van der Waals surface area contributed by atoms with Crippen molar-refractivity contribution in [1.29, 1.82) is 0 Å². The molecule has 55 heavy (non-hydrogen) atoms. The van der Waals surface area contributed by atoms with Crippen molar-refractivity contribution in [3.05, 3.63) is 206 Å². The number of benzene rings is 9. The summed E-state index contributed by atoms with van der Waals surface area (Å²) in [6.45, 7) is 0.808. The minimum Gasteiger partial charge on any atom is -0.456 e. The molecule has 10 aromatic rings. The van der Waals surface area contributed by atoms with Gasteiger partial charge in [-0.25, -0.2) is 0 Å². The van der Waals surface area contributed by atoms with Crippen LogP contribution in [0.5, 0.6) is 0 Å². The summed E-state index contributed by atoms with van der Waals surface area (Å²) in [6.07, 6.45) is 0. The molecule has 0 amide bonds. The maximum absolute atomic E-state index is 6.65. The van der Waals surface area contributed by atoms with Gasteiger partial charge in [-0.05, 0) is 98.4 Å². The molecule has 260 valence electrons. The van der Waals surface area contributed by atoms with Crippen LogP contribution in [-0.2, 0) is 0 Å². The SMILES string of the molecule is c1ccc(-c2ccc(N(c3ccc4oc5cccc(-c6cccc7ccc8ccccc8c67)c5c4c3)C3CN(c4ccccc4)c4ccccc43)cc2)cc1. The average molecular weight is 705 g/mol. The van der Waals surface area contributed by atoms with E-state index in [0.29, 0.717) is 0 Å². The number of para-hydroxylation sites is 2. The van der Waals surface area contributed by atoms with Crippen molar-refractivity contribution >= 4 is 66.2 Å². The molecular weight excluding hydrogens is 669 g/mol. The van der Waals surface area contributed by atoms with Gasteiger partial charge in [0, 0.05) is 45.6 Å². The van der Waals surface area contributed by atoms with E-state index in [1.807, 2.05) is 0 Å². The van der Waals surface area contributed by atoms with Crippen molar-refractivity contribution in [2.24, 2.45) is 0 Å². The fourth-order valence-electron chi connectivity index (χ4n) is 8.88. The van der Waals surface area contributed by atoms with E-state index in [1.54, 1.807) is 0 Å². The van der Waals surface area contributed by atoms with Gasteiger partial charge in [0.15, 0.2) is 0 Å². The Kier molecular flexibility index (Phi) is 7.31. The van der Waals surface area contributed by atoms with Crippen LogP contribution < -0.4 is 9.80 Å². The molecule has 9 aromatic carbocycles. The van der Waals surface area contributed by atoms with Crippen molar-refractivity contribution in [3.8, 4) is 22.3 Å². The Morgan fingerprint density at radius 3 is 1.96 bits per heavy atom. The third kappa shape index (κ3) is 5.20. The lowest BCUT2D eigenvalue weighted by molar-refractivity contribution is 0.669. The monoisotopic (exact) mass is 704 g/mol. The van der Waals surface area contributed by atoms with Gasteiger partial charge in [0.05, 0.1) is 6.04 Å². The first-order chi connectivity index (χ1) is 27.3. The van der Waals surface area contributed by atoms with Gasteiger partial charge in [0.2, 0.25) is 0 Å². The van der Waals surface area contributed by atoms with Crippen molar-refractivity contribution in [3.63, 3.8) is 0 Å². The van der Waals surface area contributed by atoms with Crippen molar-refractivity contribution in [1.82, 2.24) is 0 Å². The predicted octanol–water partition coefficient (Wildman–Crippen LogP) is 14.3. The maximum atomic E-state index is 6.65. The number of fused-ring (bicyclic) bond motifs is 7. The highest BCUT2D eigenvalue weighted by molar-refractivity contribution is 6.20. The van der Waals surface area contributed by atoms with E-state index in [0.717, 1.165) is 39.9 Å².